The van der Waals surface area contributed by atoms with Crippen molar-refractivity contribution in [1.29, 1.82) is 0 Å². The van der Waals surface area contributed by atoms with Crippen LogP contribution in [0, 0.1) is 0 Å². The molecule has 1 N–H and O–H groups in total. The summed E-state index contributed by atoms with van der Waals surface area (Å²) < 4.78 is 0. The van der Waals surface area contributed by atoms with E-state index in [2.05, 4.69) is 26.7 Å². The lowest BCUT2D eigenvalue weighted by atomic mass is 10.2. The summed E-state index contributed by atoms with van der Waals surface area (Å²) in [7, 11) is 1.80. The monoisotopic (exact) mass is 435 g/mol. The zero-order chi connectivity index (χ0) is 15.9. The van der Waals surface area contributed by atoms with Crippen molar-refractivity contribution in [3.63, 3.8) is 0 Å². The van der Waals surface area contributed by atoms with Crippen molar-refractivity contribution in [3.8, 4) is 0 Å². The molecule has 7 heteroatoms. The highest BCUT2D eigenvalue weighted by Crippen LogP contribution is 2.13. The predicted molar refractivity (Wildman–Crippen MR) is 105 cm³/mol. The highest BCUT2D eigenvalue weighted by atomic mass is 127. The van der Waals surface area contributed by atoms with E-state index in [4.69, 9.17) is 0 Å². The number of hydrogen-bond acceptors (Lipinski definition) is 3. The molecule has 132 valence electrons. The molecule has 0 radical (unpaired) electrons. The van der Waals surface area contributed by atoms with Gasteiger partial charge in [0.25, 0.3) is 0 Å². The standard InChI is InChI=1S/C16H29N5O.HI/c1-4-7-18-16(17-3)21-12-10-19(11-13-21)14(2)15(22)20-8-5-6-9-20;/h4,14H,1,5-13H2,2-3H3,(H,17,18);1H. The molecule has 0 aromatic rings. The topological polar surface area (TPSA) is 51.2 Å². The molecule has 0 saturated carbocycles. The second kappa shape index (κ2) is 10.1. The lowest BCUT2D eigenvalue weighted by Crippen LogP contribution is -2.57. The Kier molecular flexibility index (Phi) is 8.90. The molecule has 2 heterocycles. The Balaban J connectivity index is 0.00000264. The van der Waals surface area contributed by atoms with Crippen molar-refractivity contribution in [1.82, 2.24) is 20.0 Å². The summed E-state index contributed by atoms with van der Waals surface area (Å²) in [6.07, 6.45) is 4.13. The van der Waals surface area contributed by atoms with E-state index in [1.165, 1.54) is 0 Å². The number of amides is 1. The molecule has 0 aromatic carbocycles. The van der Waals surface area contributed by atoms with Crippen LogP contribution in [-0.2, 0) is 4.79 Å². The summed E-state index contributed by atoms with van der Waals surface area (Å²) in [6.45, 7) is 11.9. The van der Waals surface area contributed by atoms with Gasteiger partial charge in [-0.15, -0.1) is 30.6 Å². The first kappa shape index (κ1) is 20.2. The number of carbonyl (C=O) groups excluding carboxylic acids is 1. The van der Waals surface area contributed by atoms with Crippen molar-refractivity contribution in [3.05, 3.63) is 12.7 Å². The van der Waals surface area contributed by atoms with Gasteiger partial charge in [0.1, 0.15) is 0 Å². The SMILES string of the molecule is C=CCNC(=NC)N1CCN(C(C)C(=O)N2CCCC2)CC1.I. The number of piperazine rings is 1. The smallest absolute Gasteiger partial charge is 0.239 e. The van der Waals surface area contributed by atoms with Crippen LogP contribution < -0.4 is 5.32 Å². The fourth-order valence-corrected chi connectivity index (χ4v) is 3.17. The molecule has 1 unspecified atom stereocenters. The first-order valence-electron chi connectivity index (χ1n) is 8.26. The Morgan fingerprint density at radius 3 is 2.30 bits per heavy atom. The molecular formula is C16H30IN5O. The molecule has 2 rings (SSSR count). The van der Waals surface area contributed by atoms with E-state index in [-0.39, 0.29) is 30.0 Å². The number of halogens is 1. The number of rotatable bonds is 4. The van der Waals surface area contributed by atoms with E-state index < -0.39 is 0 Å². The van der Waals surface area contributed by atoms with Gasteiger partial charge in [0.05, 0.1) is 6.04 Å². The van der Waals surface area contributed by atoms with Crippen molar-refractivity contribution in [2.75, 3.05) is 52.9 Å². The Morgan fingerprint density at radius 2 is 1.78 bits per heavy atom. The molecule has 0 aliphatic carbocycles. The Morgan fingerprint density at radius 1 is 1.17 bits per heavy atom. The highest BCUT2D eigenvalue weighted by Gasteiger charge is 2.30. The van der Waals surface area contributed by atoms with Gasteiger partial charge in [0.2, 0.25) is 5.91 Å². The maximum atomic E-state index is 12.5. The zero-order valence-corrected chi connectivity index (χ0v) is 16.7. The molecule has 6 nitrogen and oxygen atoms in total. The third kappa shape index (κ3) is 5.34. The predicted octanol–water partition coefficient (Wildman–Crippen LogP) is 0.994. The second-order valence-corrected chi connectivity index (χ2v) is 5.95. The summed E-state index contributed by atoms with van der Waals surface area (Å²) in [5.41, 5.74) is 0. The minimum absolute atomic E-state index is 0. The van der Waals surface area contributed by atoms with E-state index in [1.807, 2.05) is 17.9 Å². The number of aliphatic imine (C=N–C) groups is 1. The van der Waals surface area contributed by atoms with Gasteiger partial charge in [0.15, 0.2) is 5.96 Å². The minimum atomic E-state index is -0.0107. The fraction of sp³-hybridized carbons (Fsp3) is 0.750. The summed E-state index contributed by atoms with van der Waals surface area (Å²) in [4.78, 5) is 23.3. The Bertz CT molecular complexity index is 415. The number of guanidine groups is 1. The van der Waals surface area contributed by atoms with Crippen molar-refractivity contribution < 1.29 is 4.79 Å². The summed E-state index contributed by atoms with van der Waals surface area (Å²) in [5.74, 6) is 1.21. The Hall–Kier alpha value is -0.830. The summed E-state index contributed by atoms with van der Waals surface area (Å²) in [6, 6.07) is -0.0107. The second-order valence-electron chi connectivity index (χ2n) is 5.95. The third-order valence-electron chi connectivity index (χ3n) is 4.55. The molecule has 1 amide bonds. The molecule has 2 saturated heterocycles. The largest absolute Gasteiger partial charge is 0.353 e. The lowest BCUT2D eigenvalue weighted by molar-refractivity contribution is -0.135. The van der Waals surface area contributed by atoms with Crippen LogP contribution in [0.15, 0.2) is 17.6 Å². The normalized spacial score (nSPS) is 20.9. The molecule has 2 aliphatic rings. The van der Waals surface area contributed by atoms with Crippen LogP contribution in [0.5, 0.6) is 0 Å². The van der Waals surface area contributed by atoms with Gasteiger partial charge in [-0.1, -0.05) is 6.08 Å². The van der Waals surface area contributed by atoms with E-state index in [1.54, 1.807) is 7.05 Å². The fourth-order valence-electron chi connectivity index (χ4n) is 3.17. The van der Waals surface area contributed by atoms with Crippen molar-refractivity contribution >= 4 is 35.8 Å². The molecular weight excluding hydrogens is 405 g/mol. The van der Waals surface area contributed by atoms with E-state index in [0.717, 1.165) is 64.6 Å². The average molecular weight is 435 g/mol. The molecule has 2 fully saturated rings. The zero-order valence-electron chi connectivity index (χ0n) is 14.3. The van der Waals surface area contributed by atoms with Crippen LogP contribution in [0.25, 0.3) is 0 Å². The highest BCUT2D eigenvalue weighted by molar-refractivity contribution is 14.0. The molecule has 1 atom stereocenters. The minimum Gasteiger partial charge on any atom is -0.353 e. The molecule has 2 aliphatic heterocycles. The van der Waals surface area contributed by atoms with Crippen molar-refractivity contribution in [2.24, 2.45) is 4.99 Å². The van der Waals surface area contributed by atoms with Gasteiger partial charge >= 0.3 is 0 Å². The van der Waals surface area contributed by atoms with Gasteiger partial charge < -0.3 is 15.1 Å². The van der Waals surface area contributed by atoms with Gasteiger partial charge in [-0.3, -0.25) is 14.7 Å². The number of nitrogens with one attached hydrogen (secondary N) is 1. The quantitative estimate of drug-likeness (QED) is 0.310. The molecule has 0 aromatic heterocycles. The lowest BCUT2D eigenvalue weighted by Gasteiger charge is -2.39. The number of nitrogens with zero attached hydrogens (tertiary/aromatic N) is 4. The number of hydrogen-bond donors (Lipinski definition) is 1. The Labute approximate surface area is 157 Å². The average Bonchev–Trinajstić information content (AvgIpc) is 3.09. The summed E-state index contributed by atoms with van der Waals surface area (Å²) in [5, 5.41) is 3.26. The summed E-state index contributed by atoms with van der Waals surface area (Å²) >= 11 is 0. The first-order chi connectivity index (χ1) is 10.7. The molecule has 0 bridgehead atoms. The molecule has 23 heavy (non-hydrogen) atoms. The van der Waals surface area contributed by atoms with E-state index in [9.17, 15) is 4.79 Å². The van der Waals surface area contributed by atoms with Crippen LogP contribution >= 0.6 is 24.0 Å². The van der Waals surface area contributed by atoms with Crippen LogP contribution in [0.4, 0.5) is 0 Å². The van der Waals surface area contributed by atoms with Crippen LogP contribution in [0.2, 0.25) is 0 Å². The maximum Gasteiger partial charge on any atom is 0.239 e. The number of likely N-dealkylation sites (tertiary alicyclic amines) is 1. The van der Waals surface area contributed by atoms with Gasteiger partial charge in [-0.25, -0.2) is 0 Å². The van der Waals surface area contributed by atoms with Crippen LogP contribution in [-0.4, -0.2) is 85.5 Å². The number of carbonyl (C=O) groups is 1. The molecule has 0 spiro atoms. The van der Waals surface area contributed by atoms with E-state index in [0.29, 0.717) is 5.91 Å². The van der Waals surface area contributed by atoms with Gasteiger partial charge in [-0.2, -0.15) is 0 Å². The van der Waals surface area contributed by atoms with Gasteiger partial charge in [-0.05, 0) is 19.8 Å². The van der Waals surface area contributed by atoms with Gasteiger partial charge in [0, 0.05) is 52.9 Å². The van der Waals surface area contributed by atoms with Crippen LogP contribution in [0.3, 0.4) is 0 Å². The van der Waals surface area contributed by atoms with Crippen molar-refractivity contribution in [2.45, 2.75) is 25.8 Å². The van der Waals surface area contributed by atoms with Crippen LogP contribution in [0.1, 0.15) is 19.8 Å². The first-order valence-corrected chi connectivity index (χ1v) is 8.26. The third-order valence-corrected chi connectivity index (χ3v) is 4.55. The maximum absolute atomic E-state index is 12.5. The van der Waals surface area contributed by atoms with E-state index >= 15 is 0 Å².